The van der Waals surface area contributed by atoms with Crippen molar-refractivity contribution in [3.63, 3.8) is 0 Å². The average molecular weight is 349 g/mol. The molecule has 2 atom stereocenters. The van der Waals surface area contributed by atoms with Crippen LogP contribution < -0.4 is 14.8 Å². The minimum atomic E-state index is -0.571. The van der Waals surface area contributed by atoms with Crippen LogP contribution in [-0.4, -0.2) is 55.1 Å². The first kappa shape index (κ1) is 17.5. The van der Waals surface area contributed by atoms with E-state index in [-0.39, 0.29) is 23.0 Å². The summed E-state index contributed by atoms with van der Waals surface area (Å²) in [6.07, 6.45) is 4.28. The van der Waals surface area contributed by atoms with E-state index in [1.54, 1.807) is 0 Å². The Morgan fingerprint density at radius 1 is 1.20 bits per heavy atom. The number of amides is 1. The van der Waals surface area contributed by atoms with Crippen molar-refractivity contribution in [2.24, 2.45) is 0 Å². The molecule has 0 radical (unpaired) electrons. The average Bonchev–Trinajstić information content (AvgIpc) is 3.03. The van der Waals surface area contributed by atoms with Crippen molar-refractivity contribution in [1.82, 2.24) is 10.2 Å². The maximum atomic E-state index is 12.7. The van der Waals surface area contributed by atoms with Gasteiger partial charge in [-0.1, -0.05) is 6.42 Å². The van der Waals surface area contributed by atoms with Gasteiger partial charge in [0.15, 0.2) is 11.5 Å². The Balaban J connectivity index is 1.84. The van der Waals surface area contributed by atoms with Crippen LogP contribution in [-0.2, 0) is 0 Å². The molecule has 1 aromatic carbocycles. The van der Waals surface area contributed by atoms with E-state index in [0.29, 0.717) is 11.8 Å². The number of carbonyl (C=O) groups is 1. The molecule has 3 rings (SSSR count). The molecule has 25 heavy (non-hydrogen) atoms. The van der Waals surface area contributed by atoms with E-state index >= 15 is 0 Å². The van der Waals surface area contributed by atoms with Gasteiger partial charge in [-0.25, -0.2) is 0 Å². The maximum Gasteiger partial charge on any atom is 0.286 e. The lowest BCUT2D eigenvalue weighted by molar-refractivity contribution is -0.385. The number of benzene rings is 1. The van der Waals surface area contributed by atoms with E-state index in [9.17, 15) is 14.9 Å². The highest BCUT2D eigenvalue weighted by atomic mass is 16.6. The summed E-state index contributed by atoms with van der Waals surface area (Å²) in [5.41, 5.74) is -0.287. The van der Waals surface area contributed by atoms with Crippen LogP contribution in [0.25, 0.3) is 0 Å². The smallest absolute Gasteiger partial charge is 0.286 e. The SMILES string of the molecule is COc1cc(C(=O)N[C@@H]2CCN3CCCC[C@H]23)c([N+](=O)[O-])cc1OC. The van der Waals surface area contributed by atoms with E-state index in [1.165, 1.54) is 32.8 Å². The Morgan fingerprint density at radius 2 is 1.92 bits per heavy atom. The van der Waals surface area contributed by atoms with Gasteiger partial charge < -0.3 is 14.8 Å². The van der Waals surface area contributed by atoms with E-state index < -0.39 is 10.8 Å². The van der Waals surface area contributed by atoms with Crippen LogP contribution in [0.5, 0.6) is 11.5 Å². The van der Waals surface area contributed by atoms with E-state index in [1.807, 2.05) is 0 Å². The van der Waals surface area contributed by atoms with Crippen LogP contribution in [0.2, 0.25) is 0 Å². The minimum Gasteiger partial charge on any atom is -0.493 e. The van der Waals surface area contributed by atoms with Crippen LogP contribution in [0.1, 0.15) is 36.0 Å². The molecule has 2 aliphatic heterocycles. The molecule has 136 valence electrons. The third kappa shape index (κ3) is 3.39. The van der Waals surface area contributed by atoms with Gasteiger partial charge in [0.2, 0.25) is 0 Å². The number of nitro groups is 1. The summed E-state index contributed by atoms with van der Waals surface area (Å²) < 4.78 is 10.3. The van der Waals surface area contributed by atoms with Gasteiger partial charge in [0.05, 0.1) is 25.2 Å². The molecule has 0 bridgehead atoms. The highest BCUT2D eigenvalue weighted by Gasteiger charge is 2.37. The normalized spacial score (nSPS) is 23.0. The zero-order chi connectivity index (χ0) is 18.0. The number of nitrogens with zero attached hydrogens (tertiary/aromatic N) is 2. The molecule has 2 aliphatic rings. The van der Waals surface area contributed by atoms with Gasteiger partial charge in [-0.05, 0) is 25.8 Å². The number of rotatable bonds is 5. The van der Waals surface area contributed by atoms with Crippen molar-refractivity contribution < 1.29 is 19.2 Å². The third-order valence-electron chi connectivity index (χ3n) is 5.12. The monoisotopic (exact) mass is 349 g/mol. The Kier molecular flexibility index (Phi) is 5.08. The molecule has 2 saturated heterocycles. The lowest BCUT2D eigenvalue weighted by atomic mass is 9.98. The van der Waals surface area contributed by atoms with Gasteiger partial charge in [-0.2, -0.15) is 0 Å². The van der Waals surface area contributed by atoms with Crippen LogP contribution in [0.4, 0.5) is 5.69 Å². The zero-order valence-corrected chi connectivity index (χ0v) is 14.5. The number of hydrogen-bond donors (Lipinski definition) is 1. The molecule has 2 fully saturated rings. The number of nitro benzene ring substituents is 1. The summed E-state index contributed by atoms with van der Waals surface area (Å²) in [7, 11) is 2.83. The second kappa shape index (κ2) is 7.26. The predicted molar refractivity (Wildman–Crippen MR) is 91.3 cm³/mol. The first-order chi connectivity index (χ1) is 12.0. The Bertz CT molecular complexity index is 678. The molecule has 8 nitrogen and oxygen atoms in total. The molecule has 0 aromatic heterocycles. The molecule has 0 aliphatic carbocycles. The molecule has 8 heteroatoms. The van der Waals surface area contributed by atoms with Crippen LogP contribution >= 0.6 is 0 Å². The van der Waals surface area contributed by atoms with Crippen molar-refractivity contribution in [2.75, 3.05) is 27.3 Å². The third-order valence-corrected chi connectivity index (χ3v) is 5.12. The lowest BCUT2D eigenvalue weighted by Gasteiger charge is -2.32. The van der Waals surface area contributed by atoms with Gasteiger partial charge in [-0.3, -0.25) is 19.8 Å². The summed E-state index contributed by atoms with van der Waals surface area (Å²) in [6.45, 7) is 2.02. The topological polar surface area (TPSA) is 93.9 Å². The summed E-state index contributed by atoms with van der Waals surface area (Å²) in [6, 6.07) is 2.97. The van der Waals surface area contributed by atoms with Gasteiger partial charge in [0, 0.05) is 24.7 Å². The first-order valence-corrected chi connectivity index (χ1v) is 8.50. The second-order valence-electron chi connectivity index (χ2n) is 6.45. The summed E-state index contributed by atoms with van der Waals surface area (Å²) in [5, 5.41) is 14.4. The zero-order valence-electron chi connectivity index (χ0n) is 14.5. The number of methoxy groups -OCH3 is 2. The highest BCUT2D eigenvalue weighted by Crippen LogP contribution is 2.35. The number of ether oxygens (including phenoxy) is 2. The van der Waals surface area contributed by atoms with Crippen molar-refractivity contribution in [2.45, 2.75) is 37.8 Å². The lowest BCUT2D eigenvalue weighted by Crippen LogP contribution is -2.46. The predicted octanol–water partition coefficient (Wildman–Crippen LogP) is 1.97. The quantitative estimate of drug-likeness (QED) is 0.645. The molecular formula is C17H23N3O5. The number of hydrogen-bond acceptors (Lipinski definition) is 6. The van der Waals surface area contributed by atoms with Gasteiger partial charge >= 0.3 is 0 Å². The first-order valence-electron chi connectivity index (χ1n) is 8.50. The number of carbonyl (C=O) groups excluding carboxylic acids is 1. The molecule has 0 saturated carbocycles. The van der Waals surface area contributed by atoms with E-state index in [4.69, 9.17) is 9.47 Å². The van der Waals surface area contributed by atoms with Crippen molar-refractivity contribution in [3.05, 3.63) is 27.8 Å². The standard InChI is InChI=1S/C17H23N3O5/c1-24-15-9-11(14(20(22)23)10-16(15)25-2)17(21)18-12-6-8-19-7-4-3-5-13(12)19/h9-10,12-13H,3-8H2,1-2H3,(H,18,21)/t12-,13-/m1/s1. The fourth-order valence-electron chi connectivity index (χ4n) is 3.86. The van der Waals surface area contributed by atoms with Crippen LogP contribution in [0.3, 0.4) is 0 Å². The fraction of sp³-hybridized carbons (Fsp3) is 0.588. The number of piperidine rings is 1. The van der Waals surface area contributed by atoms with Gasteiger partial charge in [0.25, 0.3) is 11.6 Å². The van der Waals surface area contributed by atoms with Gasteiger partial charge in [0.1, 0.15) is 5.56 Å². The Hall–Kier alpha value is -2.35. The fourth-order valence-corrected chi connectivity index (χ4v) is 3.86. The van der Waals surface area contributed by atoms with Crippen LogP contribution in [0.15, 0.2) is 12.1 Å². The summed E-state index contributed by atoms with van der Waals surface area (Å²) in [4.78, 5) is 25.9. The van der Waals surface area contributed by atoms with Crippen molar-refractivity contribution >= 4 is 11.6 Å². The molecule has 2 heterocycles. The highest BCUT2D eigenvalue weighted by molar-refractivity contribution is 5.99. The van der Waals surface area contributed by atoms with Crippen molar-refractivity contribution in [3.8, 4) is 11.5 Å². The van der Waals surface area contributed by atoms with Crippen LogP contribution in [0, 0.1) is 10.1 Å². The molecule has 1 amide bonds. The summed E-state index contributed by atoms with van der Waals surface area (Å²) in [5.74, 6) is 0.0825. The maximum absolute atomic E-state index is 12.7. The van der Waals surface area contributed by atoms with Gasteiger partial charge in [-0.15, -0.1) is 0 Å². The molecular weight excluding hydrogens is 326 g/mol. The Labute approximate surface area is 146 Å². The molecule has 1 aromatic rings. The number of nitrogens with one attached hydrogen (secondary N) is 1. The largest absolute Gasteiger partial charge is 0.493 e. The molecule has 1 N–H and O–H groups in total. The molecule has 0 spiro atoms. The van der Waals surface area contributed by atoms with Crippen molar-refractivity contribution in [1.29, 1.82) is 0 Å². The Morgan fingerprint density at radius 3 is 2.60 bits per heavy atom. The number of fused-ring (bicyclic) bond motifs is 1. The van der Waals surface area contributed by atoms with E-state index in [2.05, 4.69) is 10.2 Å². The minimum absolute atomic E-state index is 0.00286. The second-order valence-corrected chi connectivity index (χ2v) is 6.45. The van der Waals surface area contributed by atoms with E-state index in [0.717, 1.165) is 32.4 Å². The summed E-state index contributed by atoms with van der Waals surface area (Å²) >= 11 is 0. The molecule has 0 unspecified atom stereocenters.